The monoisotopic (exact) mass is 335 g/mol. The smallest absolute Gasteiger partial charge is 0.372 e. The van der Waals surface area contributed by atoms with Crippen LogP contribution in [-0.4, -0.2) is 24.6 Å². The van der Waals surface area contributed by atoms with Gasteiger partial charge in [0.15, 0.2) is 5.82 Å². The molecule has 0 fully saturated rings. The second-order valence-corrected chi connectivity index (χ2v) is 6.25. The molecule has 0 aliphatic carbocycles. The summed E-state index contributed by atoms with van der Waals surface area (Å²) < 4.78 is 38.8. The number of alkyl halides is 3. The minimum atomic E-state index is -4.35. The van der Waals surface area contributed by atoms with Crippen LogP contribution >= 0.6 is 0 Å². The Morgan fingerprint density at radius 2 is 2.00 bits per heavy atom. The van der Waals surface area contributed by atoms with Crippen LogP contribution in [-0.2, 0) is 6.18 Å². The van der Waals surface area contributed by atoms with Crippen LogP contribution in [0.5, 0.6) is 0 Å². The van der Waals surface area contributed by atoms with Crippen LogP contribution in [0, 0.1) is 0 Å². The van der Waals surface area contributed by atoms with Gasteiger partial charge < -0.3 is 10.2 Å². The van der Waals surface area contributed by atoms with E-state index in [2.05, 4.69) is 22.1 Å². The Hall–Kier alpha value is -2.24. The Balaban J connectivity index is 2.01. The van der Waals surface area contributed by atoms with Gasteiger partial charge in [0.2, 0.25) is 0 Å². The zero-order valence-electron chi connectivity index (χ0n) is 13.7. The van der Waals surface area contributed by atoms with Crippen LogP contribution in [0.2, 0.25) is 0 Å². The van der Waals surface area contributed by atoms with E-state index in [0.29, 0.717) is 11.3 Å². The van der Waals surface area contributed by atoms with Crippen molar-refractivity contribution in [1.82, 2.24) is 4.98 Å². The van der Waals surface area contributed by atoms with E-state index in [4.69, 9.17) is 0 Å². The number of hydrogen-bond donors (Lipinski definition) is 1. The van der Waals surface area contributed by atoms with Crippen LogP contribution in [0.3, 0.4) is 0 Å². The summed E-state index contributed by atoms with van der Waals surface area (Å²) in [6.45, 7) is 3.03. The lowest BCUT2D eigenvalue weighted by Crippen LogP contribution is -2.27. The number of anilines is 2. The molecule has 3 rings (SSSR count). The Morgan fingerprint density at radius 3 is 2.75 bits per heavy atom. The van der Waals surface area contributed by atoms with Crippen LogP contribution in [0.4, 0.5) is 24.7 Å². The summed E-state index contributed by atoms with van der Waals surface area (Å²) in [4.78, 5) is 6.71. The molecule has 0 spiro atoms. The van der Waals surface area contributed by atoms with E-state index in [9.17, 15) is 13.2 Å². The maximum atomic E-state index is 12.9. The average Bonchev–Trinajstić information content (AvgIpc) is 2.52. The summed E-state index contributed by atoms with van der Waals surface area (Å²) in [5, 5.41) is 3.37. The molecule has 6 heteroatoms. The molecule has 1 aliphatic heterocycles. The minimum absolute atomic E-state index is 0.279. The average molecular weight is 335 g/mol. The highest BCUT2D eigenvalue weighted by molar-refractivity contribution is 5.72. The molecule has 0 saturated carbocycles. The molecule has 3 nitrogen and oxygen atoms in total. The zero-order chi connectivity index (χ0) is 17.3. The maximum absolute atomic E-state index is 12.9. The number of fused-ring (bicyclic) bond motifs is 1. The van der Waals surface area contributed by atoms with Gasteiger partial charge in [-0.05, 0) is 44.0 Å². The van der Waals surface area contributed by atoms with Crippen molar-refractivity contribution >= 4 is 11.5 Å². The Labute approximate surface area is 139 Å². The number of nitrogens with zero attached hydrogens (tertiary/aromatic N) is 2. The number of pyridine rings is 1. The lowest BCUT2D eigenvalue weighted by Gasteiger charge is -2.28. The summed E-state index contributed by atoms with van der Waals surface area (Å²) >= 11 is 0. The van der Waals surface area contributed by atoms with E-state index in [1.54, 1.807) is 12.1 Å². The third-order valence-corrected chi connectivity index (χ3v) is 4.28. The van der Waals surface area contributed by atoms with Crippen LogP contribution in [0.1, 0.15) is 25.3 Å². The number of hydrogen-bond acceptors (Lipinski definition) is 3. The van der Waals surface area contributed by atoms with Crippen molar-refractivity contribution < 1.29 is 13.2 Å². The van der Waals surface area contributed by atoms with E-state index in [1.807, 2.05) is 13.1 Å². The Morgan fingerprint density at radius 1 is 1.21 bits per heavy atom. The SMILES string of the molecule is C[C@@H]1CCCN(C)c2ccc(-c3cccc(C(F)(F)F)c3)nc2N1. The van der Waals surface area contributed by atoms with Gasteiger partial charge in [0.05, 0.1) is 16.9 Å². The van der Waals surface area contributed by atoms with Gasteiger partial charge in [0, 0.05) is 25.2 Å². The molecular weight excluding hydrogens is 315 g/mol. The van der Waals surface area contributed by atoms with Crippen LogP contribution < -0.4 is 10.2 Å². The number of nitrogens with one attached hydrogen (secondary N) is 1. The predicted molar refractivity (Wildman–Crippen MR) is 90.3 cm³/mol. The summed E-state index contributed by atoms with van der Waals surface area (Å²) in [7, 11) is 2.00. The third kappa shape index (κ3) is 3.47. The molecule has 0 saturated heterocycles. The molecule has 24 heavy (non-hydrogen) atoms. The van der Waals surface area contributed by atoms with Crippen molar-refractivity contribution in [1.29, 1.82) is 0 Å². The number of aromatic nitrogens is 1. The molecule has 1 aromatic carbocycles. The molecule has 1 N–H and O–H groups in total. The van der Waals surface area contributed by atoms with Crippen molar-refractivity contribution in [3.8, 4) is 11.3 Å². The summed E-state index contributed by atoms with van der Waals surface area (Å²) in [6.07, 6.45) is -2.24. The molecule has 1 atom stereocenters. The van der Waals surface area contributed by atoms with Crippen LogP contribution in [0.15, 0.2) is 36.4 Å². The topological polar surface area (TPSA) is 28.2 Å². The first-order valence-corrected chi connectivity index (χ1v) is 8.01. The Bertz CT molecular complexity index is 728. The van der Waals surface area contributed by atoms with Crippen molar-refractivity contribution in [2.45, 2.75) is 32.0 Å². The van der Waals surface area contributed by atoms with Crippen molar-refractivity contribution in [2.75, 3.05) is 23.8 Å². The van der Waals surface area contributed by atoms with Gasteiger partial charge in [-0.3, -0.25) is 0 Å². The zero-order valence-corrected chi connectivity index (χ0v) is 13.7. The fraction of sp³-hybridized carbons (Fsp3) is 0.389. The van der Waals surface area contributed by atoms with Gasteiger partial charge in [-0.1, -0.05) is 12.1 Å². The summed E-state index contributed by atoms with van der Waals surface area (Å²) in [5.41, 5.74) is 1.31. The number of rotatable bonds is 1. The van der Waals surface area contributed by atoms with Gasteiger partial charge in [0.25, 0.3) is 0 Å². The van der Waals surface area contributed by atoms with E-state index in [1.165, 1.54) is 6.07 Å². The van der Waals surface area contributed by atoms with Gasteiger partial charge in [-0.25, -0.2) is 4.98 Å². The molecule has 2 aromatic rings. The quantitative estimate of drug-likeness (QED) is 0.811. The first kappa shape index (κ1) is 16.6. The molecule has 0 unspecified atom stereocenters. The molecule has 2 heterocycles. The first-order valence-electron chi connectivity index (χ1n) is 8.01. The molecular formula is C18H20F3N3. The minimum Gasteiger partial charge on any atom is -0.372 e. The largest absolute Gasteiger partial charge is 0.416 e. The molecule has 0 bridgehead atoms. The first-order chi connectivity index (χ1) is 11.3. The lowest BCUT2D eigenvalue weighted by molar-refractivity contribution is -0.137. The second kappa shape index (κ2) is 6.34. The van der Waals surface area contributed by atoms with E-state index in [0.717, 1.165) is 43.0 Å². The highest BCUT2D eigenvalue weighted by atomic mass is 19.4. The normalized spacial score (nSPS) is 18.4. The van der Waals surface area contributed by atoms with Crippen molar-refractivity contribution in [3.05, 3.63) is 42.0 Å². The fourth-order valence-electron chi connectivity index (χ4n) is 2.94. The van der Waals surface area contributed by atoms with Gasteiger partial charge in [0.1, 0.15) is 0 Å². The fourth-order valence-corrected chi connectivity index (χ4v) is 2.94. The highest BCUT2D eigenvalue weighted by Gasteiger charge is 2.30. The highest BCUT2D eigenvalue weighted by Crippen LogP contribution is 2.34. The maximum Gasteiger partial charge on any atom is 0.416 e. The predicted octanol–water partition coefficient (Wildman–Crippen LogP) is 4.80. The van der Waals surface area contributed by atoms with Gasteiger partial charge in [-0.2, -0.15) is 13.2 Å². The molecule has 1 aliphatic rings. The van der Waals surface area contributed by atoms with Crippen molar-refractivity contribution in [3.63, 3.8) is 0 Å². The standard InChI is InChI=1S/C18H20F3N3/c1-12-5-4-10-24(2)16-9-8-15(23-17(16)22-12)13-6-3-7-14(11-13)18(19,20)21/h3,6-9,11-12H,4-5,10H2,1-2H3,(H,22,23)/t12-/m1/s1. The number of halogens is 3. The van der Waals surface area contributed by atoms with E-state index >= 15 is 0 Å². The van der Waals surface area contributed by atoms with E-state index < -0.39 is 11.7 Å². The van der Waals surface area contributed by atoms with Crippen molar-refractivity contribution in [2.24, 2.45) is 0 Å². The summed E-state index contributed by atoms with van der Waals surface area (Å²) in [5.74, 6) is 0.722. The van der Waals surface area contributed by atoms with Gasteiger partial charge >= 0.3 is 6.18 Å². The molecule has 0 radical (unpaired) electrons. The third-order valence-electron chi connectivity index (χ3n) is 4.28. The summed E-state index contributed by atoms with van der Waals surface area (Å²) in [6, 6.07) is 9.26. The number of benzene rings is 1. The van der Waals surface area contributed by atoms with Gasteiger partial charge in [-0.15, -0.1) is 0 Å². The molecule has 0 amide bonds. The Kier molecular flexibility index (Phi) is 4.39. The lowest BCUT2D eigenvalue weighted by atomic mass is 10.1. The second-order valence-electron chi connectivity index (χ2n) is 6.25. The van der Waals surface area contributed by atoms with E-state index in [-0.39, 0.29) is 6.04 Å². The van der Waals surface area contributed by atoms with Crippen LogP contribution in [0.25, 0.3) is 11.3 Å². The molecule has 128 valence electrons. The molecule has 1 aromatic heterocycles.